The van der Waals surface area contributed by atoms with Crippen LogP contribution in [0.5, 0.6) is 0 Å². The monoisotopic (exact) mass is 255 g/mol. The van der Waals surface area contributed by atoms with E-state index in [1.54, 1.807) is 0 Å². The topological polar surface area (TPSA) is 29.5 Å². The lowest BCUT2D eigenvalue weighted by Gasteiger charge is -2.44. The number of hydrogen-bond donors (Lipinski definition) is 0. The van der Waals surface area contributed by atoms with Crippen molar-refractivity contribution in [3.05, 3.63) is 0 Å². The molecule has 1 aliphatic carbocycles. The lowest BCUT2D eigenvalue weighted by molar-refractivity contribution is -0.146. The Morgan fingerprint density at radius 1 is 1.28 bits per heavy atom. The van der Waals surface area contributed by atoms with Gasteiger partial charge >= 0.3 is 5.97 Å². The summed E-state index contributed by atoms with van der Waals surface area (Å²) >= 11 is 0. The van der Waals surface area contributed by atoms with Gasteiger partial charge < -0.3 is 4.74 Å². The highest BCUT2D eigenvalue weighted by atomic mass is 16.5. The molecule has 0 heterocycles. The first-order chi connectivity index (χ1) is 8.55. The van der Waals surface area contributed by atoms with Gasteiger partial charge in [0.15, 0.2) is 0 Å². The van der Waals surface area contributed by atoms with Gasteiger partial charge in [0.1, 0.15) is 0 Å². The Hall–Kier alpha value is -0.570. The molecule has 1 rings (SSSR count). The van der Waals surface area contributed by atoms with Crippen LogP contribution in [0.15, 0.2) is 0 Å². The van der Waals surface area contributed by atoms with Crippen molar-refractivity contribution in [1.82, 2.24) is 4.90 Å². The van der Waals surface area contributed by atoms with Crippen LogP contribution in [0.2, 0.25) is 0 Å². The molecule has 0 spiro atoms. The van der Waals surface area contributed by atoms with Gasteiger partial charge in [0.25, 0.3) is 0 Å². The Morgan fingerprint density at radius 2 is 1.89 bits per heavy atom. The van der Waals surface area contributed by atoms with Crippen LogP contribution in [-0.4, -0.2) is 36.1 Å². The van der Waals surface area contributed by atoms with Gasteiger partial charge in [0.2, 0.25) is 0 Å². The number of nitrogens with zero attached hydrogens (tertiary/aromatic N) is 1. The zero-order chi connectivity index (χ0) is 13.6. The van der Waals surface area contributed by atoms with Crippen LogP contribution in [0.3, 0.4) is 0 Å². The third-order valence-electron chi connectivity index (χ3n) is 4.31. The Kier molecular flexibility index (Phi) is 6.13. The van der Waals surface area contributed by atoms with E-state index in [2.05, 4.69) is 25.7 Å². The number of esters is 1. The molecule has 0 N–H and O–H groups in total. The largest absolute Gasteiger partial charge is 0.466 e. The van der Waals surface area contributed by atoms with Crippen molar-refractivity contribution >= 4 is 5.97 Å². The standard InChI is InChI=1S/C15H29NO2/c1-5-16(6-2)15(4,11-13-9-8-10-13)12-14(17)18-7-3/h13H,5-12H2,1-4H3. The van der Waals surface area contributed by atoms with Crippen molar-refractivity contribution in [2.24, 2.45) is 5.92 Å². The zero-order valence-electron chi connectivity index (χ0n) is 12.5. The second kappa shape index (κ2) is 7.13. The predicted octanol–water partition coefficient (Wildman–Crippen LogP) is 3.23. The van der Waals surface area contributed by atoms with Crippen molar-refractivity contribution in [3.8, 4) is 0 Å². The lowest BCUT2D eigenvalue weighted by Crippen LogP contribution is -2.49. The molecule has 1 aliphatic rings. The van der Waals surface area contributed by atoms with E-state index in [0.29, 0.717) is 13.0 Å². The average Bonchev–Trinajstić information content (AvgIpc) is 2.25. The highest BCUT2D eigenvalue weighted by molar-refractivity contribution is 5.70. The first-order valence-corrected chi connectivity index (χ1v) is 7.46. The summed E-state index contributed by atoms with van der Waals surface area (Å²) in [6, 6.07) is 0. The molecule has 0 amide bonds. The van der Waals surface area contributed by atoms with E-state index in [-0.39, 0.29) is 11.5 Å². The summed E-state index contributed by atoms with van der Waals surface area (Å²) in [6.07, 6.45) is 5.68. The Labute approximate surface area is 112 Å². The number of carbonyl (C=O) groups excluding carboxylic acids is 1. The molecule has 0 saturated heterocycles. The number of rotatable bonds is 8. The Bertz CT molecular complexity index is 259. The van der Waals surface area contributed by atoms with E-state index in [4.69, 9.17) is 4.74 Å². The van der Waals surface area contributed by atoms with Crippen LogP contribution >= 0.6 is 0 Å². The summed E-state index contributed by atoms with van der Waals surface area (Å²) in [5, 5.41) is 0. The van der Waals surface area contributed by atoms with Gasteiger partial charge in [-0.25, -0.2) is 0 Å². The van der Waals surface area contributed by atoms with Crippen molar-refractivity contribution in [2.75, 3.05) is 19.7 Å². The maximum Gasteiger partial charge on any atom is 0.307 e. The molecule has 0 aromatic carbocycles. The molecule has 1 atom stereocenters. The average molecular weight is 255 g/mol. The molecule has 1 fully saturated rings. The highest BCUT2D eigenvalue weighted by Crippen LogP contribution is 2.37. The smallest absolute Gasteiger partial charge is 0.307 e. The van der Waals surface area contributed by atoms with Gasteiger partial charge in [-0.2, -0.15) is 0 Å². The van der Waals surface area contributed by atoms with E-state index in [0.717, 1.165) is 25.4 Å². The van der Waals surface area contributed by atoms with Crippen LogP contribution in [0.4, 0.5) is 0 Å². The van der Waals surface area contributed by atoms with Crippen molar-refractivity contribution in [3.63, 3.8) is 0 Å². The molecule has 3 nitrogen and oxygen atoms in total. The summed E-state index contributed by atoms with van der Waals surface area (Å²) in [6.45, 7) is 10.9. The second-order valence-corrected chi connectivity index (χ2v) is 5.65. The quantitative estimate of drug-likeness (QED) is 0.624. The van der Waals surface area contributed by atoms with Crippen molar-refractivity contribution < 1.29 is 9.53 Å². The van der Waals surface area contributed by atoms with Crippen molar-refractivity contribution in [2.45, 2.75) is 65.3 Å². The predicted molar refractivity (Wildman–Crippen MR) is 74.5 cm³/mol. The van der Waals surface area contributed by atoms with Crippen LogP contribution in [0.1, 0.15) is 59.8 Å². The molecule has 1 saturated carbocycles. The summed E-state index contributed by atoms with van der Waals surface area (Å²) in [5.74, 6) is 0.760. The SMILES string of the molecule is CCOC(=O)CC(C)(CC1CCC1)N(CC)CC. The number of hydrogen-bond acceptors (Lipinski definition) is 3. The minimum absolute atomic E-state index is 0.0269. The molecular weight excluding hydrogens is 226 g/mol. The third-order valence-corrected chi connectivity index (χ3v) is 4.31. The molecule has 18 heavy (non-hydrogen) atoms. The molecule has 3 heteroatoms. The van der Waals surface area contributed by atoms with E-state index in [1.165, 1.54) is 19.3 Å². The molecule has 106 valence electrons. The van der Waals surface area contributed by atoms with Gasteiger partial charge in [-0.3, -0.25) is 9.69 Å². The minimum atomic E-state index is -0.0498. The van der Waals surface area contributed by atoms with E-state index >= 15 is 0 Å². The van der Waals surface area contributed by atoms with Crippen LogP contribution in [0.25, 0.3) is 0 Å². The molecule has 0 aliphatic heterocycles. The maximum atomic E-state index is 11.8. The molecule has 1 unspecified atom stereocenters. The first kappa shape index (κ1) is 15.5. The van der Waals surface area contributed by atoms with Crippen LogP contribution in [0, 0.1) is 5.92 Å². The fourth-order valence-corrected chi connectivity index (χ4v) is 3.14. The molecule has 0 aromatic rings. The molecule has 0 radical (unpaired) electrons. The first-order valence-electron chi connectivity index (χ1n) is 7.46. The van der Waals surface area contributed by atoms with Crippen molar-refractivity contribution in [1.29, 1.82) is 0 Å². The van der Waals surface area contributed by atoms with Crippen LogP contribution < -0.4 is 0 Å². The molecule has 0 aromatic heterocycles. The zero-order valence-corrected chi connectivity index (χ0v) is 12.5. The van der Waals surface area contributed by atoms with Gasteiger partial charge in [-0.15, -0.1) is 0 Å². The third kappa shape index (κ3) is 3.98. The number of carbonyl (C=O) groups is 1. The maximum absolute atomic E-state index is 11.8. The fourth-order valence-electron chi connectivity index (χ4n) is 3.14. The summed E-state index contributed by atoms with van der Waals surface area (Å²) in [4.78, 5) is 14.3. The summed E-state index contributed by atoms with van der Waals surface area (Å²) < 4.78 is 5.14. The van der Waals surface area contributed by atoms with E-state index in [9.17, 15) is 4.79 Å². The van der Waals surface area contributed by atoms with E-state index < -0.39 is 0 Å². The summed E-state index contributed by atoms with van der Waals surface area (Å²) in [5.41, 5.74) is -0.0269. The molecule has 0 bridgehead atoms. The van der Waals surface area contributed by atoms with Gasteiger partial charge in [0, 0.05) is 5.54 Å². The summed E-state index contributed by atoms with van der Waals surface area (Å²) in [7, 11) is 0. The molecular formula is C15H29NO2. The Balaban J connectivity index is 2.67. The second-order valence-electron chi connectivity index (χ2n) is 5.65. The lowest BCUT2D eigenvalue weighted by atomic mass is 9.74. The van der Waals surface area contributed by atoms with Crippen LogP contribution in [-0.2, 0) is 9.53 Å². The van der Waals surface area contributed by atoms with Gasteiger partial charge in [-0.1, -0.05) is 33.1 Å². The van der Waals surface area contributed by atoms with Gasteiger partial charge in [-0.05, 0) is 39.3 Å². The van der Waals surface area contributed by atoms with Gasteiger partial charge in [0.05, 0.1) is 13.0 Å². The minimum Gasteiger partial charge on any atom is -0.466 e. The number of ether oxygens (including phenoxy) is 1. The normalized spacial score (nSPS) is 19.4. The van der Waals surface area contributed by atoms with E-state index in [1.807, 2.05) is 6.92 Å². The fraction of sp³-hybridized carbons (Fsp3) is 0.933. The highest BCUT2D eigenvalue weighted by Gasteiger charge is 2.37. The Morgan fingerprint density at radius 3 is 2.28 bits per heavy atom.